The fourth-order valence-electron chi connectivity index (χ4n) is 4.01. The number of hydroxylamine groups is 2. The first-order valence-corrected chi connectivity index (χ1v) is 12.5. The molecular weight excluding hydrogens is 470 g/mol. The molecule has 0 fully saturated rings. The van der Waals surface area contributed by atoms with Crippen molar-refractivity contribution in [2.75, 3.05) is 5.32 Å². The molecule has 4 N–H and O–H groups in total. The first-order valence-electron chi connectivity index (χ1n) is 10.9. The van der Waals surface area contributed by atoms with Gasteiger partial charge in [0.2, 0.25) is 0 Å². The predicted molar refractivity (Wildman–Crippen MR) is 129 cm³/mol. The van der Waals surface area contributed by atoms with Crippen LogP contribution >= 0.6 is 0 Å². The lowest BCUT2D eigenvalue weighted by molar-refractivity contribution is -0.0969. The molecule has 4 rings (SSSR count). The number of rotatable bonds is 7. The number of amides is 2. The maximum atomic E-state index is 13.0. The normalized spacial score (nSPS) is 14.2. The molecule has 3 aromatic carbocycles. The van der Waals surface area contributed by atoms with E-state index in [-0.39, 0.29) is 27.9 Å². The number of hydrogen-bond donors (Lipinski definition) is 4. The molecule has 1 heterocycles. The van der Waals surface area contributed by atoms with Crippen molar-refractivity contribution in [3.8, 4) is 0 Å². The molecule has 3 aromatic rings. The molecule has 182 valence electrons. The number of fused-ring (bicyclic) bond motifs is 1. The van der Waals surface area contributed by atoms with E-state index in [0.29, 0.717) is 18.7 Å². The van der Waals surface area contributed by atoms with Crippen LogP contribution in [0.3, 0.4) is 0 Å². The molecule has 0 saturated carbocycles. The Morgan fingerprint density at radius 2 is 1.71 bits per heavy atom. The number of urea groups is 1. The molecule has 0 spiro atoms. The monoisotopic (exact) mass is 495 g/mol. The molecule has 9 nitrogen and oxygen atoms in total. The summed E-state index contributed by atoms with van der Waals surface area (Å²) >= 11 is 0. The van der Waals surface area contributed by atoms with Crippen LogP contribution in [0.15, 0.2) is 71.6 Å². The summed E-state index contributed by atoms with van der Waals surface area (Å²) in [6, 6.07) is 17.1. The fraction of sp³-hybridized carbons (Fsp3) is 0.200. The zero-order valence-corrected chi connectivity index (χ0v) is 19.7. The van der Waals surface area contributed by atoms with Crippen molar-refractivity contribution in [3.05, 3.63) is 94.5 Å². The topological polar surface area (TPSA) is 136 Å². The van der Waals surface area contributed by atoms with Crippen molar-refractivity contribution in [2.24, 2.45) is 0 Å². The van der Waals surface area contributed by atoms with Crippen molar-refractivity contribution in [1.82, 2.24) is 10.4 Å². The Morgan fingerprint density at radius 3 is 2.43 bits per heavy atom. The number of carbonyl (C=O) groups is 2. The van der Waals surface area contributed by atoms with Gasteiger partial charge in [0.25, 0.3) is 0 Å². The predicted octanol–water partition coefficient (Wildman–Crippen LogP) is 3.95. The average Bonchev–Trinajstić information content (AvgIpc) is 3.18. The average molecular weight is 496 g/mol. The van der Waals surface area contributed by atoms with Gasteiger partial charge in [0.05, 0.1) is 27.9 Å². The minimum absolute atomic E-state index is 0.0187. The minimum atomic E-state index is -3.87. The SMILES string of the molecule is CC(NC(=O)Nc1ccc(S(=O)(=O)Cc2ccc3c(c2)CN(O)C3)cc1C(=O)O)c1ccccc1. The van der Waals surface area contributed by atoms with Gasteiger partial charge in [-0.1, -0.05) is 48.5 Å². The van der Waals surface area contributed by atoms with Crippen LogP contribution < -0.4 is 10.6 Å². The van der Waals surface area contributed by atoms with Gasteiger partial charge in [0, 0.05) is 13.1 Å². The molecule has 2 amide bonds. The summed E-state index contributed by atoms with van der Waals surface area (Å²) in [5, 5.41) is 25.7. The molecule has 10 heteroatoms. The summed E-state index contributed by atoms with van der Waals surface area (Å²) in [5.74, 6) is -1.69. The number of anilines is 1. The quantitative estimate of drug-likeness (QED) is 0.390. The first-order chi connectivity index (χ1) is 16.6. The molecule has 0 radical (unpaired) electrons. The third-order valence-corrected chi connectivity index (χ3v) is 7.49. The Labute approximate surface area is 202 Å². The maximum Gasteiger partial charge on any atom is 0.337 e. The van der Waals surface area contributed by atoms with E-state index in [9.17, 15) is 28.3 Å². The number of nitrogens with one attached hydrogen (secondary N) is 2. The summed E-state index contributed by atoms with van der Waals surface area (Å²) in [4.78, 5) is 24.1. The smallest absolute Gasteiger partial charge is 0.337 e. The lowest BCUT2D eigenvalue weighted by atomic mass is 10.1. The second-order valence-electron chi connectivity index (χ2n) is 8.43. The summed E-state index contributed by atoms with van der Waals surface area (Å²) in [5.41, 5.74) is 2.83. The van der Waals surface area contributed by atoms with Crippen LogP contribution in [-0.2, 0) is 28.7 Å². The Morgan fingerprint density at radius 1 is 1.00 bits per heavy atom. The number of hydrogen-bond acceptors (Lipinski definition) is 6. The number of carboxylic acid groups (broad SMARTS) is 1. The zero-order chi connectivity index (χ0) is 25.2. The van der Waals surface area contributed by atoms with Gasteiger partial charge in [0.1, 0.15) is 0 Å². The van der Waals surface area contributed by atoms with E-state index in [1.807, 2.05) is 30.3 Å². The van der Waals surface area contributed by atoms with E-state index in [4.69, 9.17) is 0 Å². The van der Waals surface area contributed by atoms with Crippen LogP contribution in [0.4, 0.5) is 10.5 Å². The van der Waals surface area contributed by atoms with Gasteiger partial charge in [-0.05, 0) is 47.4 Å². The van der Waals surface area contributed by atoms with Crippen LogP contribution in [0.5, 0.6) is 0 Å². The molecule has 0 saturated heterocycles. The van der Waals surface area contributed by atoms with Gasteiger partial charge < -0.3 is 20.9 Å². The summed E-state index contributed by atoms with van der Waals surface area (Å²) in [7, 11) is -3.87. The Kier molecular flexibility index (Phi) is 6.88. The van der Waals surface area contributed by atoms with Crippen molar-refractivity contribution in [1.29, 1.82) is 0 Å². The second kappa shape index (κ2) is 9.87. The zero-order valence-electron chi connectivity index (χ0n) is 18.9. The van der Waals surface area contributed by atoms with Gasteiger partial charge in [-0.25, -0.2) is 18.0 Å². The maximum absolute atomic E-state index is 13.0. The molecule has 1 aliphatic rings. The summed E-state index contributed by atoms with van der Waals surface area (Å²) in [6.45, 7) is 2.49. The molecule has 35 heavy (non-hydrogen) atoms. The van der Waals surface area contributed by atoms with Crippen LogP contribution in [0.2, 0.25) is 0 Å². The third kappa shape index (κ3) is 5.68. The molecule has 0 aliphatic carbocycles. The van der Waals surface area contributed by atoms with Gasteiger partial charge in [0.15, 0.2) is 9.84 Å². The number of nitrogens with zero attached hydrogens (tertiary/aromatic N) is 1. The molecular formula is C25H25N3O6S. The van der Waals surface area contributed by atoms with Crippen molar-refractivity contribution >= 4 is 27.5 Å². The van der Waals surface area contributed by atoms with Gasteiger partial charge in [-0.3, -0.25) is 0 Å². The molecule has 0 aromatic heterocycles. The van der Waals surface area contributed by atoms with E-state index < -0.39 is 21.8 Å². The molecule has 1 atom stereocenters. The number of aromatic carboxylic acids is 1. The number of carbonyl (C=O) groups excluding carboxylic acids is 1. The number of benzene rings is 3. The van der Waals surface area contributed by atoms with Gasteiger partial charge >= 0.3 is 12.0 Å². The van der Waals surface area contributed by atoms with Crippen LogP contribution in [-0.4, -0.2) is 35.8 Å². The summed E-state index contributed by atoms with van der Waals surface area (Å²) in [6.07, 6.45) is 0. The van der Waals surface area contributed by atoms with E-state index >= 15 is 0 Å². The highest BCUT2D eigenvalue weighted by Gasteiger charge is 2.23. The van der Waals surface area contributed by atoms with E-state index in [2.05, 4.69) is 10.6 Å². The highest BCUT2D eigenvalue weighted by atomic mass is 32.2. The van der Waals surface area contributed by atoms with Crippen molar-refractivity contribution in [3.63, 3.8) is 0 Å². The highest BCUT2D eigenvalue weighted by Crippen LogP contribution is 2.27. The standard InChI is InChI=1S/C25H25N3O6S/c1-16(18-5-3-2-4-6-18)26-25(31)27-23-10-9-21(12-22(23)24(29)30)35(33,34)15-17-7-8-19-13-28(32)14-20(19)11-17/h2-12,16,32H,13-15H2,1H3,(H,29,30)(H2,26,27,31). The Hall–Kier alpha value is -3.73. The number of sulfone groups is 1. The van der Waals surface area contributed by atoms with Crippen LogP contribution in [0.1, 0.15) is 45.6 Å². The number of carboxylic acids is 1. The lowest BCUT2D eigenvalue weighted by Gasteiger charge is -2.16. The Balaban J connectivity index is 1.51. The van der Waals surface area contributed by atoms with Gasteiger partial charge in [-0.15, -0.1) is 0 Å². The molecule has 1 unspecified atom stereocenters. The third-order valence-electron chi connectivity index (χ3n) is 5.81. The van der Waals surface area contributed by atoms with E-state index in [1.54, 1.807) is 25.1 Å². The molecule has 1 aliphatic heterocycles. The van der Waals surface area contributed by atoms with Crippen molar-refractivity contribution in [2.45, 2.75) is 36.7 Å². The second-order valence-corrected chi connectivity index (χ2v) is 10.4. The highest BCUT2D eigenvalue weighted by molar-refractivity contribution is 7.90. The first kappa shape index (κ1) is 24.4. The van der Waals surface area contributed by atoms with E-state index in [0.717, 1.165) is 27.8 Å². The van der Waals surface area contributed by atoms with E-state index in [1.165, 1.54) is 12.1 Å². The van der Waals surface area contributed by atoms with Gasteiger partial charge in [-0.2, -0.15) is 5.06 Å². The van der Waals surface area contributed by atoms with Crippen molar-refractivity contribution < 1.29 is 28.3 Å². The van der Waals surface area contributed by atoms with Crippen LogP contribution in [0.25, 0.3) is 0 Å². The fourth-order valence-corrected chi connectivity index (χ4v) is 5.36. The minimum Gasteiger partial charge on any atom is -0.478 e. The lowest BCUT2D eigenvalue weighted by Crippen LogP contribution is -2.31. The Bertz CT molecular complexity index is 1380. The largest absolute Gasteiger partial charge is 0.478 e. The molecule has 0 bridgehead atoms. The van der Waals surface area contributed by atoms with Crippen LogP contribution in [0, 0.1) is 0 Å². The summed E-state index contributed by atoms with van der Waals surface area (Å²) < 4.78 is 26.0.